The number of thiazole rings is 1. The molecule has 1 amide bonds. The Balaban J connectivity index is 1.88. The van der Waals surface area contributed by atoms with Crippen molar-refractivity contribution in [3.8, 4) is 0 Å². The van der Waals surface area contributed by atoms with E-state index in [1.807, 2.05) is 18.2 Å². The Morgan fingerprint density at radius 3 is 2.90 bits per heavy atom. The molecule has 0 spiro atoms. The number of amides is 1. The number of carboxylic acid groups (broad SMARTS) is 1. The average molecular weight is 326 g/mol. The minimum atomic E-state index is -3.57. The largest absolute Gasteiger partial charge is 0.465 e. The number of hydrogen-bond acceptors (Lipinski definition) is 5. The van der Waals surface area contributed by atoms with Gasteiger partial charge in [0.15, 0.2) is 0 Å². The van der Waals surface area contributed by atoms with Gasteiger partial charge >= 0.3 is 6.09 Å². The Morgan fingerprint density at radius 1 is 1.43 bits per heavy atom. The van der Waals surface area contributed by atoms with Gasteiger partial charge in [0.05, 0.1) is 16.0 Å². The first-order valence-corrected chi connectivity index (χ1v) is 9.02. The van der Waals surface area contributed by atoms with Crippen LogP contribution < -0.4 is 0 Å². The second-order valence-corrected chi connectivity index (χ2v) is 8.24. The molecule has 0 radical (unpaired) electrons. The van der Waals surface area contributed by atoms with Gasteiger partial charge < -0.3 is 10.0 Å². The van der Waals surface area contributed by atoms with E-state index >= 15 is 0 Å². The van der Waals surface area contributed by atoms with Crippen molar-refractivity contribution in [1.82, 2.24) is 9.88 Å². The van der Waals surface area contributed by atoms with Gasteiger partial charge in [-0.25, -0.2) is 18.2 Å². The van der Waals surface area contributed by atoms with Crippen LogP contribution in [-0.4, -0.2) is 47.8 Å². The first-order valence-electron chi connectivity index (χ1n) is 6.55. The van der Waals surface area contributed by atoms with E-state index in [4.69, 9.17) is 5.11 Å². The van der Waals surface area contributed by atoms with Crippen molar-refractivity contribution in [2.75, 3.05) is 12.3 Å². The van der Waals surface area contributed by atoms with Crippen molar-refractivity contribution in [3.63, 3.8) is 0 Å². The molecular weight excluding hydrogens is 312 g/mol. The van der Waals surface area contributed by atoms with Gasteiger partial charge in [-0.15, -0.1) is 11.3 Å². The minimum absolute atomic E-state index is 0.0703. The third-order valence-electron chi connectivity index (χ3n) is 3.57. The molecule has 2 heterocycles. The second-order valence-electron chi connectivity index (χ2n) is 5.00. The number of nitrogens with zero attached hydrogens (tertiary/aromatic N) is 2. The molecule has 112 valence electrons. The van der Waals surface area contributed by atoms with Crippen LogP contribution in [0.4, 0.5) is 4.79 Å². The maximum atomic E-state index is 12.5. The fraction of sp³-hybridized carbons (Fsp3) is 0.385. The van der Waals surface area contributed by atoms with Crippen LogP contribution in [0, 0.1) is 0 Å². The predicted octanol–water partition coefficient (Wildman–Crippen LogP) is 2.21. The van der Waals surface area contributed by atoms with E-state index in [1.165, 1.54) is 4.90 Å². The van der Waals surface area contributed by atoms with Gasteiger partial charge in [-0.3, -0.25) is 0 Å². The van der Waals surface area contributed by atoms with E-state index in [2.05, 4.69) is 4.98 Å². The molecule has 1 aliphatic heterocycles. The molecule has 21 heavy (non-hydrogen) atoms. The molecule has 8 heteroatoms. The van der Waals surface area contributed by atoms with Crippen molar-refractivity contribution >= 4 is 37.5 Å². The lowest BCUT2D eigenvalue weighted by Crippen LogP contribution is -2.38. The molecule has 2 aromatic rings. The van der Waals surface area contributed by atoms with Crippen LogP contribution in [0.3, 0.4) is 0 Å². The summed E-state index contributed by atoms with van der Waals surface area (Å²) in [4.78, 5) is 16.5. The summed E-state index contributed by atoms with van der Waals surface area (Å²) in [5, 5.41) is 9.08. The quantitative estimate of drug-likeness (QED) is 0.934. The standard InChI is InChI=1S/C13H14N2O4S2/c16-13(17)15-7-3-4-9(15)8-21(18,19)12-14-10-5-1-2-6-11(10)20-12/h1-2,5-6,9H,3-4,7-8H2,(H,16,17)/t9-/m1/s1. The number of carbonyl (C=O) groups is 1. The zero-order chi connectivity index (χ0) is 15.0. The Morgan fingerprint density at radius 2 is 2.19 bits per heavy atom. The Kier molecular flexibility index (Phi) is 3.58. The number of fused-ring (bicyclic) bond motifs is 1. The number of aromatic nitrogens is 1. The molecule has 1 aromatic heterocycles. The molecule has 0 aliphatic carbocycles. The Hall–Kier alpha value is -1.67. The first-order chi connectivity index (χ1) is 9.97. The normalized spacial score (nSPS) is 19.2. The molecule has 1 atom stereocenters. The molecule has 0 unspecified atom stereocenters. The molecule has 1 N–H and O–H groups in total. The van der Waals surface area contributed by atoms with Gasteiger partial charge in [0, 0.05) is 12.6 Å². The second kappa shape index (κ2) is 5.27. The highest BCUT2D eigenvalue weighted by atomic mass is 32.2. The number of rotatable bonds is 3. The van der Waals surface area contributed by atoms with Crippen molar-refractivity contribution in [1.29, 1.82) is 0 Å². The zero-order valence-corrected chi connectivity index (χ0v) is 12.7. The monoisotopic (exact) mass is 326 g/mol. The van der Waals surface area contributed by atoms with E-state index in [9.17, 15) is 13.2 Å². The summed E-state index contributed by atoms with van der Waals surface area (Å²) >= 11 is 1.13. The van der Waals surface area contributed by atoms with Crippen LogP contribution in [0.5, 0.6) is 0 Å². The summed E-state index contributed by atoms with van der Waals surface area (Å²) in [6.07, 6.45) is 0.222. The number of para-hydroxylation sites is 1. The minimum Gasteiger partial charge on any atom is -0.465 e. The number of hydrogen-bond donors (Lipinski definition) is 1. The van der Waals surface area contributed by atoms with Crippen LogP contribution in [0.25, 0.3) is 10.2 Å². The van der Waals surface area contributed by atoms with Crippen LogP contribution in [0.1, 0.15) is 12.8 Å². The third kappa shape index (κ3) is 2.73. The van der Waals surface area contributed by atoms with Crippen molar-refractivity contribution in [3.05, 3.63) is 24.3 Å². The summed E-state index contributed by atoms with van der Waals surface area (Å²) < 4.78 is 25.8. The Labute approximate surface area is 125 Å². The zero-order valence-electron chi connectivity index (χ0n) is 11.1. The predicted molar refractivity (Wildman–Crippen MR) is 79.4 cm³/mol. The number of benzene rings is 1. The van der Waals surface area contributed by atoms with Gasteiger partial charge in [-0.1, -0.05) is 12.1 Å². The first kappa shape index (κ1) is 14.3. The summed E-state index contributed by atoms with van der Waals surface area (Å²) in [7, 11) is -3.57. The van der Waals surface area contributed by atoms with E-state index in [0.29, 0.717) is 24.9 Å². The average Bonchev–Trinajstić information content (AvgIpc) is 3.04. The lowest BCUT2D eigenvalue weighted by molar-refractivity contribution is 0.144. The van der Waals surface area contributed by atoms with Gasteiger partial charge in [0.25, 0.3) is 0 Å². The van der Waals surface area contributed by atoms with Crippen molar-refractivity contribution in [2.24, 2.45) is 0 Å². The summed E-state index contributed by atoms with van der Waals surface area (Å²) in [6, 6.07) is 6.76. The Bertz CT molecular complexity index is 751. The summed E-state index contributed by atoms with van der Waals surface area (Å²) in [5.41, 5.74) is 0.655. The van der Waals surface area contributed by atoms with Crippen LogP contribution >= 0.6 is 11.3 Å². The van der Waals surface area contributed by atoms with Crippen LogP contribution in [-0.2, 0) is 9.84 Å². The maximum absolute atomic E-state index is 12.5. The fourth-order valence-electron chi connectivity index (χ4n) is 2.57. The summed E-state index contributed by atoms with van der Waals surface area (Å²) in [5.74, 6) is -0.195. The molecule has 1 fully saturated rings. The lowest BCUT2D eigenvalue weighted by atomic mass is 10.2. The molecule has 0 saturated carbocycles. The SMILES string of the molecule is O=C(O)N1CCC[C@@H]1CS(=O)(=O)c1nc2ccccc2s1. The molecule has 3 rings (SSSR count). The van der Waals surface area contributed by atoms with Crippen molar-refractivity contribution < 1.29 is 18.3 Å². The fourth-order valence-corrected chi connectivity index (χ4v) is 5.48. The topological polar surface area (TPSA) is 87.6 Å². The molecular formula is C13H14N2O4S2. The molecule has 6 nitrogen and oxygen atoms in total. The lowest BCUT2D eigenvalue weighted by Gasteiger charge is -2.20. The van der Waals surface area contributed by atoms with Gasteiger partial charge in [-0.05, 0) is 25.0 Å². The highest BCUT2D eigenvalue weighted by molar-refractivity contribution is 7.93. The highest BCUT2D eigenvalue weighted by Gasteiger charge is 2.34. The van der Waals surface area contributed by atoms with Gasteiger partial charge in [0.1, 0.15) is 0 Å². The van der Waals surface area contributed by atoms with E-state index in [0.717, 1.165) is 16.0 Å². The van der Waals surface area contributed by atoms with E-state index in [-0.39, 0.29) is 10.1 Å². The third-order valence-corrected chi connectivity index (χ3v) is 6.86. The number of sulfone groups is 1. The highest BCUT2D eigenvalue weighted by Crippen LogP contribution is 2.28. The van der Waals surface area contributed by atoms with Gasteiger partial charge in [-0.2, -0.15) is 0 Å². The molecule has 1 aliphatic rings. The smallest absolute Gasteiger partial charge is 0.407 e. The molecule has 1 aromatic carbocycles. The van der Waals surface area contributed by atoms with Gasteiger partial charge in [0.2, 0.25) is 14.2 Å². The van der Waals surface area contributed by atoms with Crippen LogP contribution in [0.15, 0.2) is 28.6 Å². The van der Waals surface area contributed by atoms with Crippen LogP contribution in [0.2, 0.25) is 0 Å². The van der Waals surface area contributed by atoms with E-state index in [1.54, 1.807) is 6.07 Å². The van der Waals surface area contributed by atoms with E-state index < -0.39 is 22.0 Å². The molecule has 1 saturated heterocycles. The number of likely N-dealkylation sites (tertiary alicyclic amines) is 1. The molecule has 0 bridgehead atoms. The summed E-state index contributed by atoms with van der Waals surface area (Å²) in [6.45, 7) is 0.398. The van der Waals surface area contributed by atoms with Crippen molar-refractivity contribution in [2.45, 2.75) is 23.2 Å². The maximum Gasteiger partial charge on any atom is 0.407 e.